The first-order valence-corrected chi connectivity index (χ1v) is 24.4. The topological polar surface area (TPSA) is 9.72 Å². The van der Waals surface area contributed by atoms with Gasteiger partial charge >= 0.3 is 0 Å². The van der Waals surface area contributed by atoms with Crippen LogP contribution in [-0.4, -0.2) is 12.1 Å². The van der Waals surface area contributed by atoms with Crippen molar-refractivity contribution in [2.24, 2.45) is 11.8 Å². The summed E-state index contributed by atoms with van der Waals surface area (Å²) in [5, 5.41) is 0. The molecule has 0 saturated heterocycles. The van der Waals surface area contributed by atoms with E-state index < -0.39 is 0 Å². The van der Waals surface area contributed by atoms with Crippen molar-refractivity contribution in [3.63, 3.8) is 0 Å². The Morgan fingerprint density at radius 3 is 2.03 bits per heavy atom. The van der Waals surface area contributed by atoms with Gasteiger partial charge in [-0.05, 0) is 118 Å². The highest BCUT2D eigenvalue weighted by Gasteiger charge is 2.40. The summed E-state index contributed by atoms with van der Waals surface area (Å²) in [5.41, 5.74) is 17.1. The molecule has 0 bridgehead atoms. The number of benzene rings is 5. The number of hydrogen-bond acceptors (Lipinski definition) is 3. The van der Waals surface area contributed by atoms with Crippen LogP contribution in [0, 0.1) is 11.8 Å². The summed E-state index contributed by atoms with van der Waals surface area (Å²) in [6, 6.07) is 44.5. The van der Waals surface area contributed by atoms with Crippen molar-refractivity contribution in [2.75, 3.05) is 14.7 Å². The highest BCUT2D eigenvalue weighted by molar-refractivity contribution is 5.83. The number of allylic oxidation sites excluding steroid dienone is 17. The maximum absolute atomic E-state index is 4.36. The zero-order valence-electron chi connectivity index (χ0n) is 39.0. The van der Waals surface area contributed by atoms with Gasteiger partial charge in [0, 0.05) is 58.3 Å². The van der Waals surface area contributed by atoms with E-state index in [0.717, 1.165) is 29.8 Å². The van der Waals surface area contributed by atoms with E-state index in [9.17, 15) is 0 Å². The molecule has 336 valence electrons. The lowest BCUT2D eigenvalue weighted by atomic mass is 9.80. The van der Waals surface area contributed by atoms with Crippen LogP contribution < -0.4 is 14.7 Å². The summed E-state index contributed by atoms with van der Waals surface area (Å²) in [5.74, 6) is 1.11. The molecule has 69 heavy (non-hydrogen) atoms. The van der Waals surface area contributed by atoms with Crippen molar-refractivity contribution < 1.29 is 0 Å². The zero-order valence-corrected chi connectivity index (χ0v) is 39.0. The van der Waals surface area contributed by atoms with Crippen molar-refractivity contribution in [1.29, 1.82) is 0 Å². The summed E-state index contributed by atoms with van der Waals surface area (Å²) in [6.45, 7) is 12.5. The SMILES string of the molecule is C=C/C=C\C(=C)N1/C=C/CC(C2=CCC(C3=CC4c5cc(/C=C/C=C(\C=C)c6ccc7c(c6)C6C=CC=CC6N7c6ccccc6)ccc5N(c5ccccc5)C4C=C3)C=C2)/C=C/c2ccccc21. The molecule has 5 aromatic rings. The number of nitrogens with zero attached hydrogens (tertiary/aromatic N) is 3. The molecule has 3 nitrogen and oxygen atoms in total. The lowest BCUT2D eigenvalue weighted by molar-refractivity contribution is 0.691. The first-order chi connectivity index (χ1) is 34.1. The summed E-state index contributed by atoms with van der Waals surface area (Å²) in [4.78, 5) is 7.17. The maximum atomic E-state index is 4.36. The third-order valence-corrected chi connectivity index (χ3v) is 14.5. The van der Waals surface area contributed by atoms with Crippen molar-refractivity contribution in [1.82, 2.24) is 0 Å². The van der Waals surface area contributed by atoms with Gasteiger partial charge in [0.05, 0.1) is 17.8 Å². The van der Waals surface area contributed by atoms with Gasteiger partial charge in [-0.25, -0.2) is 0 Å². The molecule has 0 N–H and O–H groups in total. The highest BCUT2D eigenvalue weighted by atomic mass is 15.2. The van der Waals surface area contributed by atoms with Gasteiger partial charge in [0.2, 0.25) is 0 Å². The molecule has 0 saturated carbocycles. The van der Waals surface area contributed by atoms with Crippen LogP contribution in [0.2, 0.25) is 0 Å². The third kappa shape index (κ3) is 8.47. The number of rotatable bonds is 11. The molecule has 0 amide bonds. The first-order valence-electron chi connectivity index (χ1n) is 24.4. The van der Waals surface area contributed by atoms with E-state index in [1.807, 2.05) is 18.2 Å². The van der Waals surface area contributed by atoms with Crippen molar-refractivity contribution >= 4 is 46.2 Å². The Morgan fingerprint density at radius 2 is 1.28 bits per heavy atom. The van der Waals surface area contributed by atoms with Gasteiger partial charge in [0.1, 0.15) is 0 Å². The molecule has 0 aromatic heterocycles. The minimum Gasteiger partial charge on any atom is -0.333 e. The normalized spacial score (nSPS) is 24.1. The van der Waals surface area contributed by atoms with E-state index in [-0.39, 0.29) is 23.9 Å². The molecule has 5 aromatic carbocycles. The predicted octanol–water partition coefficient (Wildman–Crippen LogP) is 16.6. The molecule has 3 heterocycles. The van der Waals surface area contributed by atoms with Crippen molar-refractivity contribution in [2.45, 2.75) is 36.8 Å². The number of fused-ring (bicyclic) bond motifs is 7. The van der Waals surface area contributed by atoms with Crippen LogP contribution >= 0.6 is 0 Å². The Balaban J connectivity index is 0.841. The molecule has 0 radical (unpaired) electrons. The van der Waals surface area contributed by atoms with Gasteiger partial charge in [-0.15, -0.1) is 0 Å². The van der Waals surface area contributed by atoms with Crippen LogP contribution in [0.15, 0.2) is 273 Å². The first kappa shape index (κ1) is 43.4. The number of hydrogen-bond donors (Lipinski definition) is 0. The van der Waals surface area contributed by atoms with Crippen LogP contribution in [0.25, 0.3) is 17.7 Å². The second kappa shape index (κ2) is 19.2. The summed E-state index contributed by atoms with van der Waals surface area (Å²) in [6.07, 6.45) is 49.0. The average Bonchev–Trinajstić information content (AvgIpc) is 3.94. The summed E-state index contributed by atoms with van der Waals surface area (Å²) >= 11 is 0. The van der Waals surface area contributed by atoms with E-state index >= 15 is 0 Å². The second-order valence-electron chi connectivity index (χ2n) is 18.5. The molecule has 0 spiro atoms. The molecule has 6 atom stereocenters. The van der Waals surface area contributed by atoms with Gasteiger partial charge < -0.3 is 14.7 Å². The zero-order chi connectivity index (χ0) is 46.7. The quantitative estimate of drug-likeness (QED) is 0.122. The minimum absolute atomic E-state index is 0.199. The fraction of sp³-hybridized carbons (Fsp3) is 0.121. The third-order valence-electron chi connectivity index (χ3n) is 14.5. The van der Waals surface area contributed by atoms with Gasteiger partial charge in [0.25, 0.3) is 0 Å². The molecule has 6 aliphatic rings. The van der Waals surface area contributed by atoms with Gasteiger partial charge in [-0.1, -0.05) is 202 Å². The predicted molar refractivity (Wildman–Crippen MR) is 295 cm³/mol. The van der Waals surface area contributed by atoms with Crippen LogP contribution in [0.5, 0.6) is 0 Å². The van der Waals surface area contributed by atoms with Gasteiger partial charge in [-0.2, -0.15) is 0 Å². The molecule has 6 unspecified atom stereocenters. The number of anilines is 5. The monoisotopic (exact) mass is 891 g/mol. The molecule has 11 rings (SSSR count). The lowest BCUT2D eigenvalue weighted by Gasteiger charge is -2.31. The Kier molecular flexibility index (Phi) is 12.1. The standard InChI is InChI=1S/C66H57N3/c1-4-6-19-47(3)67-43-18-23-50(36-37-53-21-13-15-29-62(53)67)51-32-34-52(35-33-51)55-39-42-66-61(46-55)59-44-48(31-40-64(59)69(66)57-26-11-8-12-27-57)20-17-22-49(5-2)54-38-41-65-60(45-54)58-28-14-16-30-63(58)68(65)56-24-9-7-10-25-56/h4-22,24-34,36-46,50,52,58,61,63,66H,1-3,23,35H2/b19-6-,20-17+,37-36+,43-18+,49-22+. The molecule has 3 heteroatoms. The minimum atomic E-state index is 0.199. The molecule has 0 fully saturated rings. The largest absolute Gasteiger partial charge is 0.333 e. The highest BCUT2D eigenvalue weighted by Crippen LogP contribution is 2.51. The summed E-state index contributed by atoms with van der Waals surface area (Å²) < 4.78 is 0. The van der Waals surface area contributed by atoms with E-state index in [1.54, 1.807) is 6.08 Å². The molecule has 3 aliphatic heterocycles. The average molecular weight is 892 g/mol. The summed E-state index contributed by atoms with van der Waals surface area (Å²) in [7, 11) is 0. The van der Waals surface area contributed by atoms with Crippen LogP contribution in [0.1, 0.15) is 52.5 Å². The molecular formula is C66H57N3. The Hall–Kier alpha value is -8.14. The van der Waals surface area contributed by atoms with E-state index in [0.29, 0.717) is 11.8 Å². The Bertz CT molecular complexity index is 3160. The van der Waals surface area contributed by atoms with Crippen LogP contribution in [0.3, 0.4) is 0 Å². The Morgan fingerprint density at radius 1 is 0.594 bits per heavy atom. The smallest absolute Gasteiger partial charge is 0.0629 e. The molecular weight excluding hydrogens is 835 g/mol. The fourth-order valence-electron chi connectivity index (χ4n) is 11.1. The number of para-hydroxylation sites is 3. The van der Waals surface area contributed by atoms with E-state index in [4.69, 9.17) is 0 Å². The van der Waals surface area contributed by atoms with Crippen molar-refractivity contribution in [3.05, 3.63) is 301 Å². The second-order valence-corrected chi connectivity index (χ2v) is 18.5. The van der Waals surface area contributed by atoms with Crippen molar-refractivity contribution in [3.8, 4) is 0 Å². The van der Waals surface area contributed by atoms with E-state index in [1.165, 1.54) is 61.7 Å². The van der Waals surface area contributed by atoms with Crippen LogP contribution in [-0.2, 0) is 0 Å². The molecule has 3 aliphatic carbocycles. The Labute approximate surface area is 408 Å². The maximum Gasteiger partial charge on any atom is 0.0629 e. The lowest BCUT2D eigenvalue weighted by Crippen LogP contribution is -2.29. The van der Waals surface area contributed by atoms with E-state index in [2.05, 4.69) is 259 Å². The van der Waals surface area contributed by atoms with Crippen LogP contribution in [0.4, 0.5) is 28.4 Å². The van der Waals surface area contributed by atoms with Gasteiger partial charge in [0.15, 0.2) is 0 Å². The van der Waals surface area contributed by atoms with Gasteiger partial charge in [-0.3, -0.25) is 0 Å². The fourth-order valence-corrected chi connectivity index (χ4v) is 11.1.